The van der Waals surface area contributed by atoms with Crippen LogP contribution >= 0.6 is 34.5 Å². The topological polar surface area (TPSA) is 67.4 Å². The highest BCUT2D eigenvalue weighted by molar-refractivity contribution is 7.17. The number of hydrogen-bond acceptors (Lipinski definition) is 4. The molecule has 1 aromatic carbocycles. The van der Waals surface area contributed by atoms with Crippen molar-refractivity contribution in [2.24, 2.45) is 5.92 Å². The lowest BCUT2D eigenvalue weighted by atomic mass is 9.88. The highest BCUT2D eigenvalue weighted by Crippen LogP contribution is 2.40. The number of esters is 1. The molecule has 1 heterocycles. The standard InChI is InChI=1S/C20H22Cl2N2O3S/c1-10(2)27-19(25)17-13-6-4-11(3)8-16(13)28-18(17)24-20(26)23-12-5-7-14(21)15(22)9-12/h5,7,9-11H,4,6,8H2,1-3H3,(H2,23,24,26). The van der Waals surface area contributed by atoms with E-state index in [-0.39, 0.29) is 6.10 Å². The molecule has 0 fully saturated rings. The molecule has 2 N–H and O–H groups in total. The molecule has 1 aliphatic carbocycles. The molecule has 3 rings (SSSR count). The van der Waals surface area contributed by atoms with Crippen LogP contribution < -0.4 is 10.6 Å². The van der Waals surface area contributed by atoms with Crippen LogP contribution in [-0.4, -0.2) is 18.1 Å². The fourth-order valence-electron chi connectivity index (χ4n) is 3.17. The van der Waals surface area contributed by atoms with Crippen molar-refractivity contribution in [3.05, 3.63) is 44.2 Å². The first kappa shape index (κ1) is 21.0. The number of fused-ring (bicyclic) bond motifs is 1. The van der Waals surface area contributed by atoms with Crippen molar-refractivity contribution < 1.29 is 14.3 Å². The minimum Gasteiger partial charge on any atom is -0.459 e. The summed E-state index contributed by atoms with van der Waals surface area (Å²) in [5, 5.41) is 6.80. The first-order valence-electron chi connectivity index (χ1n) is 9.13. The third-order valence-corrected chi connectivity index (χ3v) is 6.37. The van der Waals surface area contributed by atoms with Gasteiger partial charge < -0.3 is 10.1 Å². The van der Waals surface area contributed by atoms with E-state index >= 15 is 0 Å². The van der Waals surface area contributed by atoms with Gasteiger partial charge in [-0.3, -0.25) is 5.32 Å². The van der Waals surface area contributed by atoms with Crippen molar-refractivity contribution in [2.45, 2.75) is 46.1 Å². The van der Waals surface area contributed by atoms with E-state index in [1.165, 1.54) is 11.3 Å². The summed E-state index contributed by atoms with van der Waals surface area (Å²) in [4.78, 5) is 26.3. The minimum absolute atomic E-state index is 0.233. The van der Waals surface area contributed by atoms with E-state index < -0.39 is 12.0 Å². The smallest absolute Gasteiger partial charge is 0.341 e. The molecule has 2 amide bonds. The van der Waals surface area contributed by atoms with Crippen LogP contribution in [0.4, 0.5) is 15.5 Å². The molecule has 0 saturated carbocycles. The van der Waals surface area contributed by atoms with Gasteiger partial charge in [0.2, 0.25) is 0 Å². The number of halogens is 2. The maximum absolute atomic E-state index is 12.7. The molecule has 1 atom stereocenters. The first-order valence-corrected chi connectivity index (χ1v) is 10.7. The van der Waals surface area contributed by atoms with Crippen molar-refractivity contribution in [1.82, 2.24) is 0 Å². The minimum atomic E-state index is -0.455. The van der Waals surface area contributed by atoms with E-state index in [1.54, 1.807) is 18.2 Å². The lowest BCUT2D eigenvalue weighted by molar-refractivity contribution is 0.0378. The van der Waals surface area contributed by atoms with Gasteiger partial charge in [0.1, 0.15) is 5.00 Å². The maximum atomic E-state index is 12.7. The fraction of sp³-hybridized carbons (Fsp3) is 0.400. The summed E-state index contributed by atoms with van der Waals surface area (Å²) < 4.78 is 5.42. The molecule has 8 heteroatoms. The summed E-state index contributed by atoms with van der Waals surface area (Å²) in [6, 6.07) is 4.38. The molecule has 0 spiro atoms. The van der Waals surface area contributed by atoms with Gasteiger partial charge in [-0.15, -0.1) is 11.3 Å². The van der Waals surface area contributed by atoms with Crippen molar-refractivity contribution in [3.63, 3.8) is 0 Å². The van der Waals surface area contributed by atoms with Crippen molar-refractivity contribution in [3.8, 4) is 0 Å². The number of anilines is 2. The van der Waals surface area contributed by atoms with Gasteiger partial charge in [-0.05, 0) is 62.8 Å². The van der Waals surface area contributed by atoms with E-state index in [1.807, 2.05) is 13.8 Å². The van der Waals surface area contributed by atoms with Crippen LogP contribution in [0.15, 0.2) is 18.2 Å². The number of urea groups is 1. The molecular weight excluding hydrogens is 419 g/mol. The molecule has 28 heavy (non-hydrogen) atoms. The van der Waals surface area contributed by atoms with Crippen LogP contribution in [0.25, 0.3) is 0 Å². The quantitative estimate of drug-likeness (QED) is 0.541. The van der Waals surface area contributed by atoms with Crippen molar-refractivity contribution in [1.29, 1.82) is 0 Å². The molecule has 5 nitrogen and oxygen atoms in total. The summed E-state index contributed by atoms with van der Waals surface area (Å²) >= 11 is 13.3. The highest BCUT2D eigenvalue weighted by atomic mass is 35.5. The number of hydrogen-bond donors (Lipinski definition) is 2. The molecule has 0 bridgehead atoms. The zero-order valence-electron chi connectivity index (χ0n) is 15.9. The van der Waals surface area contributed by atoms with Gasteiger partial charge in [0, 0.05) is 10.6 Å². The van der Waals surface area contributed by atoms with Gasteiger partial charge in [-0.1, -0.05) is 30.1 Å². The number of benzene rings is 1. The number of carbonyl (C=O) groups excluding carboxylic acids is 2. The Morgan fingerprint density at radius 2 is 1.96 bits per heavy atom. The van der Waals surface area contributed by atoms with Crippen LogP contribution in [0.3, 0.4) is 0 Å². The van der Waals surface area contributed by atoms with Gasteiger partial charge in [-0.2, -0.15) is 0 Å². The summed E-state index contributed by atoms with van der Waals surface area (Å²) in [5.41, 5.74) is 1.98. The van der Waals surface area contributed by atoms with Gasteiger partial charge in [0.05, 0.1) is 21.7 Å². The lowest BCUT2D eigenvalue weighted by Gasteiger charge is -2.19. The predicted octanol–water partition coefficient (Wildman–Crippen LogP) is 6.39. The van der Waals surface area contributed by atoms with E-state index in [2.05, 4.69) is 17.6 Å². The number of ether oxygens (including phenoxy) is 1. The molecule has 1 aromatic heterocycles. The number of rotatable bonds is 4. The predicted molar refractivity (Wildman–Crippen MR) is 115 cm³/mol. The monoisotopic (exact) mass is 440 g/mol. The Balaban J connectivity index is 1.84. The van der Waals surface area contributed by atoms with Crippen LogP contribution in [0.2, 0.25) is 10.0 Å². The Hall–Kier alpha value is -1.76. The van der Waals surface area contributed by atoms with Gasteiger partial charge in [0.25, 0.3) is 0 Å². The van der Waals surface area contributed by atoms with Crippen LogP contribution in [0.1, 0.15) is 48.0 Å². The van der Waals surface area contributed by atoms with Crippen LogP contribution in [0, 0.1) is 5.92 Å². The maximum Gasteiger partial charge on any atom is 0.341 e. The van der Waals surface area contributed by atoms with E-state index in [0.717, 1.165) is 29.7 Å². The Morgan fingerprint density at radius 1 is 1.21 bits per heavy atom. The molecule has 1 aliphatic rings. The zero-order valence-corrected chi connectivity index (χ0v) is 18.2. The Kier molecular flexibility index (Phi) is 6.53. The number of thiophene rings is 1. The Bertz CT molecular complexity index is 911. The second-order valence-electron chi connectivity index (χ2n) is 7.22. The molecular formula is C20H22Cl2N2O3S. The number of nitrogens with one attached hydrogen (secondary N) is 2. The Morgan fingerprint density at radius 3 is 2.64 bits per heavy atom. The summed E-state index contributed by atoms with van der Waals surface area (Å²) in [6.07, 6.45) is 2.49. The molecule has 1 unspecified atom stereocenters. The average Bonchev–Trinajstić information content (AvgIpc) is 2.94. The largest absolute Gasteiger partial charge is 0.459 e. The number of amides is 2. The average molecular weight is 441 g/mol. The first-order chi connectivity index (χ1) is 13.2. The van der Waals surface area contributed by atoms with Gasteiger partial charge in [0.15, 0.2) is 0 Å². The molecule has 150 valence electrons. The van der Waals surface area contributed by atoms with Gasteiger partial charge >= 0.3 is 12.0 Å². The normalized spacial score (nSPS) is 15.9. The Labute approximate surface area is 178 Å². The molecule has 2 aromatic rings. The van der Waals surface area contributed by atoms with Gasteiger partial charge in [-0.25, -0.2) is 9.59 Å². The second kappa shape index (κ2) is 8.72. The zero-order chi connectivity index (χ0) is 20.4. The lowest BCUT2D eigenvalue weighted by Crippen LogP contribution is -2.21. The summed E-state index contributed by atoms with van der Waals surface area (Å²) in [7, 11) is 0. The van der Waals surface area contributed by atoms with E-state index in [4.69, 9.17) is 27.9 Å². The molecule has 0 aliphatic heterocycles. The summed E-state index contributed by atoms with van der Waals surface area (Å²) in [6.45, 7) is 5.81. The van der Waals surface area contributed by atoms with Crippen LogP contribution in [-0.2, 0) is 17.6 Å². The summed E-state index contributed by atoms with van der Waals surface area (Å²) in [5.74, 6) is 0.157. The van der Waals surface area contributed by atoms with Crippen LogP contribution in [0.5, 0.6) is 0 Å². The second-order valence-corrected chi connectivity index (χ2v) is 9.14. The number of carbonyl (C=O) groups is 2. The van der Waals surface area contributed by atoms with E-state index in [0.29, 0.717) is 32.2 Å². The van der Waals surface area contributed by atoms with E-state index in [9.17, 15) is 9.59 Å². The third kappa shape index (κ3) is 4.80. The SMILES string of the molecule is CC1CCc2c(sc(NC(=O)Nc3ccc(Cl)c(Cl)c3)c2C(=O)OC(C)C)C1. The third-order valence-electron chi connectivity index (χ3n) is 4.46. The molecule has 0 radical (unpaired) electrons. The molecule has 0 saturated heterocycles. The highest BCUT2D eigenvalue weighted by Gasteiger charge is 2.29. The van der Waals surface area contributed by atoms with Crippen molar-refractivity contribution in [2.75, 3.05) is 10.6 Å². The fourth-order valence-corrected chi connectivity index (χ4v) is 4.86. The van der Waals surface area contributed by atoms with Crippen molar-refractivity contribution >= 4 is 57.2 Å².